The Morgan fingerprint density at radius 2 is 1.90 bits per heavy atom. The summed E-state index contributed by atoms with van der Waals surface area (Å²) in [6.07, 6.45) is 4.70. The molecule has 0 saturated carbocycles. The minimum absolute atomic E-state index is 0.0916. The number of hydrogen-bond donors (Lipinski definition) is 2. The van der Waals surface area contributed by atoms with Crippen LogP contribution in [0.2, 0.25) is 5.02 Å². The summed E-state index contributed by atoms with van der Waals surface area (Å²) in [6.45, 7) is -2.26. The molecule has 3 aromatic heterocycles. The van der Waals surface area contributed by atoms with Crippen molar-refractivity contribution in [2.45, 2.75) is 44.0 Å². The second-order valence-electron chi connectivity index (χ2n) is 11.7. The molecular weight excluding hydrogens is 689 g/mol. The van der Waals surface area contributed by atoms with Gasteiger partial charge in [-0.05, 0) is 49.1 Å². The Kier molecular flexibility index (Phi) is 9.12. The predicted molar refractivity (Wildman–Crippen MR) is 174 cm³/mol. The van der Waals surface area contributed by atoms with Crippen molar-refractivity contribution >= 4 is 44.6 Å². The number of rotatable bonds is 9. The van der Waals surface area contributed by atoms with Crippen LogP contribution in [-0.2, 0) is 10.2 Å². The van der Waals surface area contributed by atoms with Gasteiger partial charge >= 0.3 is 6.55 Å². The van der Waals surface area contributed by atoms with Gasteiger partial charge in [-0.15, -0.1) is 11.3 Å². The van der Waals surface area contributed by atoms with E-state index < -0.39 is 40.8 Å². The van der Waals surface area contributed by atoms with Gasteiger partial charge in [-0.1, -0.05) is 23.7 Å². The van der Waals surface area contributed by atoms with Gasteiger partial charge in [0.2, 0.25) is 0 Å². The third-order valence-electron chi connectivity index (χ3n) is 8.82. The molecule has 2 N–H and O–H groups in total. The van der Waals surface area contributed by atoms with Gasteiger partial charge in [0.05, 0.1) is 17.5 Å². The van der Waals surface area contributed by atoms with Gasteiger partial charge in [-0.25, -0.2) is 14.1 Å². The summed E-state index contributed by atoms with van der Waals surface area (Å²) in [5, 5.41) is 17.4. The lowest BCUT2D eigenvalue weighted by Crippen LogP contribution is -2.49. The number of benzene rings is 1. The quantitative estimate of drug-likeness (QED) is 0.244. The maximum atomic E-state index is 14.1. The van der Waals surface area contributed by atoms with Crippen LogP contribution in [0.25, 0.3) is 5.57 Å². The first-order valence-electron chi connectivity index (χ1n) is 15.2. The van der Waals surface area contributed by atoms with Crippen LogP contribution in [0.15, 0.2) is 77.1 Å². The van der Waals surface area contributed by atoms with Crippen LogP contribution in [0.1, 0.15) is 59.9 Å². The number of amidine groups is 1. The molecule has 0 aliphatic carbocycles. The van der Waals surface area contributed by atoms with Crippen LogP contribution in [0.4, 0.5) is 13.2 Å². The fraction of sp³-hybridized carbons (Fsp3) is 0.355. The number of pyridine rings is 1. The second kappa shape index (κ2) is 13.3. The van der Waals surface area contributed by atoms with Crippen LogP contribution in [0, 0.1) is 11.7 Å². The number of aliphatic hydroxyl groups is 1. The zero-order chi connectivity index (χ0) is 33.6. The molecule has 17 heteroatoms. The number of thiazole rings is 1. The molecule has 1 aromatic carbocycles. The molecule has 3 aliphatic heterocycles. The highest BCUT2D eigenvalue weighted by molar-refractivity contribution is 7.87. The van der Waals surface area contributed by atoms with Crippen LogP contribution < -0.4 is 4.72 Å². The number of aliphatic hydroxyl groups excluding tert-OH is 1. The number of halogens is 4. The Morgan fingerprint density at radius 1 is 1.08 bits per heavy atom. The molecule has 2 saturated heterocycles. The van der Waals surface area contributed by atoms with E-state index in [1.807, 2.05) is 4.90 Å². The van der Waals surface area contributed by atoms with E-state index in [-0.39, 0.29) is 42.7 Å². The van der Waals surface area contributed by atoms with E-state index in [2.05, 4.69) is 19.8 Å². The van der Waals surface area contributed by atoms with E-state index in [0.717, 1.165) is 12.3 Å². The van der Waals surface area contributed by atoms with E-state index in [1.54, 1.807) is 36.0 Å². The summed E-state index contributed by atoms with van der Waals surface area (Å²) in [5.41, 5.74) is 2.26. The first kappa shape index (κ1) is 32.9. The van der Waals surface area contributed by atoms with Crippen molar-refractivity contribution in [2.75, 3.05) is 19.6 Å². The molecule has 0 spiro atoms. The molecular formula is C31H30ClF3N8O3S2. The first-order valence-corrected chi connectivity index (χ1v) is 17.9. The predicted octanol–water partition coefficient (Wildman–Crippen LogP) is 5.19. The normalized spacial score (nSPS) is 21.5. The van der Waals surface area contributed by atoms with Crippen LogP contribution in [0.3, 0.4) is 0 Å². The molecule has 0 radical (unpaired) electrons. The molecule has 0 amide bonds. The number of fused-ring (bicyclic) bond motifs is 1. The lowest BCUT2D eigenvalue weighted by atomic mass is 9.90. The molecule has 3 aliphatic rings. The van der Waals surface area contributed by atoms with Crippen molar-refractivity contribution in [3.8, 4) is 0 Å². The van der Waals surface area contributed by atoms with E-state index in [0.29, 0.717) is 50.9 Å². The van der Waals surface area contributed by atoms with Crippen molar-refractivity contribution in [1.29, 1.82) is 0 Å². The second-order valence-corrected chi connectivity index (χ2v) is 14.8. The molecule has 48 heavy (non-hydrogen) atoms. The minimum atomic E-state index is -3.96. The number of nitrogens with zero attached hydrogens (tertiary/aromatic N) is 7. The number of aromatic nitrogens is 4. The smallest absolute Gasteiger partial charge is 0.333 e. The Hall–Kier alpha value is -3.67. The number of nitrogens with one attached hydrogen (secondary N) is 1. The zero-order valence-corrected chi connectivity index (χ0v) is 27.6. The fourth-order valence-electron chi connectivity index (χ4n) is 6.54. The van der Waals surface area contributed by atoms with Crippen LogP contribution in [-0.4, -0.2) is 74.0 Å². The van der Waals surface area contributed by atoms with Crippen molar-refractivity contribution in [3.05, 3.63) is 105 Å². The van der Waals surface area contributed by atoms with E-state index in [1.165, 1.54) is 33.8 Å². The molecule has 3 atom stereocenters. The highest BCUT2D eigenvalue weighted by Gasteiger charge is 2.43. The molecule has 2 unspecified atom stereocenters. The number of hydrogen-bond acceptors (Lipinski definition) is 9. The number of piperidine rings is 1. The zero-order valence-electron chi connectivity index (χ0n) is 25.2. The van der Waals surface area contributed by atoms with Gasteiger partial charge in [-0.3, -0.25) is 9.98 Å². The Bertz CT molecular complexity index is 1950. The average molecular weight is 719 g/mol. The Balaban J connectivity index is 1.19. The Labute approximate surface area is 283 Å². The number of alkyl halides is 2. The van der Waals surface area contributed by atoms with Crippen LogP contribution in [0.5, 0.6) is 0 Å². The topological polar surface area (TPSA) is 129 Å². The SMILES string of the molecule is O=S(=O)(NC1CC2=C(c3ccn(C(F)F)n3)[C@H](c3ccc(F)cc3Cl)N=C(c3nccs3)N2C1)N1CCC(C(O)c2ccccn2)CC1. The van der Waals surface area contributed by atoms with Crippen molar-refractivity contribution in [3.63, 3.8) is 0 Å². The van der Waals surface area contributed by atoms with Crippen molar-refractivity contribution < 1.29 is 26.7 Å². The highest BCUT2D eigenvalue weighted by atomic mass is 35.5. The summed E-state index contributed by atoms with van der Waals surface area (Å²) >= 11 is 7.87. The first-order chi connectivity index (χ1) is 23.1. The summed E-state index contributed by atoms with van der Waals surface area (Å²) < 4.78 is 73.6. The summed E-state index contributed by atoms with van der Waals surface area (Å²) in [5.74, 6) is -0.236. The van der Waals surface area contributed by atoms with Gasteiger partial charge in [0.1, 0.15) is 11.9 Å². The summed E-state index contributed by atoms with van der Waals surface area (Å²) in [4.78, 5) is 15.5. The number of aliphatic imine (C=N–C) groups is 1. The maximum Gasteiger partial charge on any atom is 0.333 e. The molecule has 7 rings (SSSR count). The fourth-order valence-corrected chi connectivity index (χ4v) is 8.87. The van der Waals surface area contributed by atoms with E-state index in [9.17, 15) is 26.7 Å². The summed E-state index contributed by atoms with van der Waals surface area (Å²) in [6, 6.07) is 9.18. The average Bonchev–Trinajstić information content (AvgIpc) is 3.86. The van der Waals surface area contributed by atoms with Gasteiger partial charge in [0.15, 0.2) is 10.8 Å². The van der Waals surface area contributed by atoms with Gasteiger partial charge in [0, 0.05) is 77.9 Å². The van der Waals surface area contributed by atoms with Crippen molar-refractivity contribution in [2.24, 2.45) is 10.9 Å². The largest absolute Gasteiger partial charge is 0.387 e. The molecule has 6 heterocycles. The molecule has 0 bridgehead atoms. The summed E-state index contributed by atoms with van der Waals surface area (Å²) in [7, 11) is -3.96. The van der Waals surface area contributed by atoms with E-state index in [4.69, 9.17) is 16.6 Å². The molecule has 11 nitrogen and oxygen atoms in total. The molecule has 252 valence electrons. The van der Waals surface area contributed by atoms with Crippen molar-refractivity contribution in [1.82, 2.24) is 33.7 Å². The maximum absolute atomic E-state index is 14.1. The van der Waals surface area contributed by atoms with Gasteiger partial charge in [-0.2, -0.15) is 31.3 Å². The lowest BCUT2D eigenvalue weighted by molar-refractivity contribution is 0.0564. The van der Waals surface area contributed by atoms with Gasteiger partial charge in [0.25, 0.3) is 10.2 Å². The highest BCUT2D eigenvalue weighted by Crippen LogP contribution is 2.46. The van der Waals surface area contributed by atoms with Crippen LogP contribution >= 0.6 is 22.9 Å². The Morgan fingerprint density at radius 3 is 2.56 bits per heavy atom. The molecule has 4 aromatic rings. The monoisotopic (exact) mass is 718 g/mol. The standard InChI is InChI=1S/C31H30ClF3N8O3S2/c32-22-15-19(33)4-5-21(22)27-26(23-8-13-43(39-23)31(34)35)25-16-20(17-42(25)29(38-27)30-37-10-14-47-30)40-48(45,46)41-11-6-18(7-12-41)28(44)24-3-1-2-9-36-24/h1-5,8-10,13-15,18,20,27-28,31,40,44H,6-7,11-12,16-17H2/t20?,27-,28?/m0/s1. The molecule has 2 fully saturated rings. The van der Waals surface area contributed by atoms with E-state index >= 15 is 0 Å². The third-order valence-corrected chi connectivity index (χ3v) is 11.6. The lowest BCUT2D eigenvalue weighted by Gasteiger charge is -2.34. The third kappa shape index (κ3) is 6.40. The minimum Gasteiger partial charge on any atom is -0.387 e. The van der Waals surface area contributed by atoms with Gasteiger partial charge < -0.3 is 10.0 Å².